The van der Waals surface area contributed by atoms with E-state index >= 15 is 0 Å². The Bertz CT molecular complexity index is 1250. The summed E-state index contributed by atoms with van der Waals surface area (Å²) in [5, 5.41) is 2.10. The Balaban J connectivity index is 1.36. The summed E-state index contributed by atoms with van der Waals surface area (Å²) in [5.74, 6) is -1.42. The monoisotopic (exact) mass is 490 g/mol. The summed E-state index contributed by atoms with van der Waals surface area (Å²) in [6, 6.07) is 12.9. The highest BCUT2D eigenvalue weighted by atomic mass is 35.5. The van der Waals surface area contributed by atoms with Crippen LogP contribution in [0.5, 0.6) is 5.75 Å². The van der Waals surface area contributed by atoms with Crippen LogP contribution in [0.1, 0.15) is 27.1 Å². The number of ketones is 1. The predicted molar refractivity (Wildman–Crippen MR) is 126 cm³/mol. The summed E-state index contributed by atoms with van der Waals surface area (Å²) < 4.78 is 5.15. The number of benzene rings is 2. The number of carbonyl (C=O) groups excluding carboxylic acids is 4. The fourth-order valence-corrected chi connectivity index (χ4v) is 6.41. The average molecular weight is 491 g/mol. The summed E-state index contributed by atoms with van der Waals surface area (Å²) in [4.78, 5) is 54.3. The number of rotatable bonds is 6. The molecule has 6 atom stereocenters. The molecule has 3 amide bonds. The van der Waals surface area contributed by atoms with Gasteiger partial charge in [0.1, 0.15) is 12.3 Å². The van der Waals surface area contributed by atoms with Crippen LogP contribution in [0.15, 0.2) is 60.7 Å². The van der Waals surface area contributed by atoms with Gasteiger partial charge in [0.2, 0.25) is 0 Å². The fraction of sp³-hybridized carbons (Fsp3) is 0.333. The van der Waals surface area contributed by atoms with Crippen LogP contribution in [0, 0.1) is 35.5 Å². The lowest BCUT2D eigenvalue weighted by Crippen LogP contribution is -2.52. The smallest absolute Gasteiger partial charge is 0.274 e. The first-order valence-corrected chi connectivity index (χ1v) is 12.1. The Morgan fingerprint density at radius 3 is 2.14 bits per heavy atom. The molecule has 1 heterocycles. The molecule has 4 aliphatic carbocycles. The molecule has 1 saturated heterocycles. The molecule has 178 valence electrons. The fourth-order valence-electron chi connectivity index (χ4n) is 6.19. The molecular weight excluding hydrogens is 468 g/mol. The van der Waals surface area contributed by atoms with Crippen LogP contribution >= 0.6 is 11.6 Å². The number of hydrogen-bond acceptors (Lipinski definition) is 5. The zero-order valence-corrected chi connectivity index (χ0v) is 19.7. The molecule has 0 N–H and O–H groups in total. The molecule has 0 unspecified atom stereocenters. The standard InChI is InChI=1S/C27H23ClN2O5/c1-35-15-8-6-14(7-9-15)22(31)13-29(25(32)18-4-2-3-5-21(18)28)30-26(33)23-16-10-11-17(20-12-19(16)20)24(23)27(30)34/h2-11,16-17,19-20,23-24H,12-13H2,1H3/t16-,17-,19-,20-,23+,24+/m0/s1. The van der Waals surface area contributed by atoms with Crippen molar-refractivity contribution in [2.45, 2.75) is 6.42 Å². The molecule has 7 nitrogen and oxygen atoms in total. The number of allylic oxidation sites excluding steroid dienone is 2. The summed E-state index contributed by atoms with van der Waals surface area (Å²) >= 11 is 6.29. The lowest BCUT2D eigenvalue weighted by Gasteiger charge is -2.37. The largest absolute Gasteiger partial charge is 0.497 e. The number of halogens is 1. The van der Waals surface area contributed by atoms with E-state index in [4.69, 9.17) is 16.3 Å². The van der Waals surface area contributed by atoms with E-state index in [-0.39, 0.29) is 22.4 Å². The van der Waals surface area contributed by atoms with E-state index in [0.717, 1.165) is 16.4 Å². The van der Waals surface area contributed by atoms with Crippen molar-refractivity contribution in [3.05, 3.63) is 76.8 Å². The molecule has 2 bridgehead atoms. The maximum Gasteiger partial charge on any atom is 0.274 e. The lowest BCUT2D eigenvalue weighted by atomic mass is 9.63. The van der Waals surface area contributed by atoms with E-state index in [2.05, 4.69) is 12.2 Å². The van der Waals surface area contributed by atoms with E-state index < -0.39 is 41.9 Å². The molecule has 7 rings (SSSR count). The molecule has 2 aromatic carbocycles. The van der Waals surface area contributed by atoms with Gasteiger partial charge in [0.15, 0.2) is 5.78 Å². The molecule has 35 heavy (non-hydrogen) atoms. The SMILES string of the molecule is COc1ccc(C(=O)CN(C(=O)c2ccccc2Cl)N2C(=O)[C@@H]3[C@H]4C=C[C@@H]([C@@H]5C[C@@H]45)[C@H]3C2=O)cc1. The van der Waals surface area contributed by atoms with E-state index in [1.165, 1.54) is 13.2 Å². The van der Waals surface area contributed by atoms with Crippen molar-refractivity contribution in [1.29, 1.82) is 0 Å². The molecule has 0 radical (unpaired) electrons. The highest BCUT2D eigenvalue weighted by Crippen LogP contribution is 2.65. The zero-order valence-electron chi connectivity index (χ0n) is 19.0. The van der Waals surface area contributed by atoms with Crippen LogP contribution in [0.3, 0.4) is 0 Å². The number of imide groups is 1. The van der Waals surface area contributed by atoms with Gasteiger partial charge in [-0.15, -0.1) is 0 Å². The second-order valence-electron chi connectivity index (χ2n) is 9.64. The van der Waals surface area contributed by atoms with Crippen molar-refractivity contribution < 1.29 is 23.9 Å². The first-order chi connectivity index (χ1) is 16.9. The van der Waals surface area contributed by atoms with Crippen molar-refractivity contribution in [3.63, 3.8) is 0 Å². The number of methoxy groups -OCH3 is 1. The van der Waals surface area contributed by atoms with Crippen LogP contribution in [0.25, 0.3) is 0 Å². The molecular formula is C27H23ClN2O5. The molecule has 5 aliphatic rings. The Morgan fingerprint density at radius 2 is 1.57 bits per heavy atom. The van der Waals surface area contributed by atoms with E-state index in [1.54, 1.807) is 42.5 Å². The van der Waals surface area contributed by atoms with E-state index in [1.807, 2.05) is 0 Å². The quantitative estimate of drug-likeness (QED) is 0.350. The number of carbonyl (C=O) groups is 4. The Labute approximate surface area is 207 Å². The third kappa shape index (κ3) is 3.32. The third-order valence-corrected chi connectivity index (χ3v) is 8.25. The second-order valence-corrected chi connectivity index (χ2v) is 10.0. The van der Waals surface area contributed by atoms with Gasteiger partial charge < -0.3 is 4.74 Å². The van der Waals surface area contributed by atoms with Crippen molar-refractivity contribution in [2.24, 2.45) is 35.5 Å². The summed E-state index contributed by atoms with van der Waals surface area (Å²) in [7, 11) is 1.52. The van der Waals surface area contributed by atoms with Gasteiger partial charge in [-0.05, 0) is 66.5 Å². The van der Waals surface area contributed by atoms with Gasteiger partial charge in [0, 0.05) is 5.56 Å². The van der Waals surface area contributed by atoms with Gasteiger partial charge in [-0.3, -0.25) is 19.2 Å². The average Bonchev–Trinajstić information content (AvgIpc) is 3.66. The van der Waals surface area contributed by atoms with Crippen LogP contribution in [0.4, 0.5) is 0 Å². The van der Waals surface area contributed by atoms with Crippen LogP contribution < -0.4 is 4.74 Å². The van der Waals surface area contributed by atoms with Gasteiger partial charge in [0.05, 0.1) is 29.5 Å². The first kappa shape index (κ1) is 22.0. The second kappa shape index (κ2) is 8.05. The minimum Gasteiger partial charge on any atom is -0.497 e. The lowest BCUT2D eigenvalue weighted by molar-refractivity contribution is -0.154. The van der Waals surface area contributed by atoms with Gasteiger partial charge in [-0.25, -0.2) is 5.01 Å². The van der Waals surface area contributed by atoms with Gasteiger partial charge in [-0.1, -0.05) is 35.9 Å². The third-order valence-electron chi connectivity index (χ3n) is 7.93. The number of amides is 3. The predicted octanol–water partition coefficient (Wildman–Crippen LogP) is 3.64. The number of hydrazine groups is 1. The molecule has 3 fully saturated rings. The molecule has 2 saturated carbocycles. The van der Waals surface area contributed by atoms with Crippen molar-refractivity contribution in [2.75, 3.05) is 13.7 Å². The number of hydrogen-bond donors (Lipinski definition) is 0. The first-order valence-electron chi connectivity index (χ1n) is 11.7. The maximum absolute atomic E-state index is 13.7. The van der Waals surface area contributed by atoms with Crippen molar-refractivity contribution >= 4 is 35.1 Å². The highest BCUT2D eigenvalue weighted by Gasteiger charge is 2.68. The molecule has 1 aliphatic heterocycles. The zero-order chi connectivity index (χ0) is 24.4. The highest BCUT2D eigenvalue weighted by molar-refractivity contribution is 6.34. The van der Waals surface area contributed by atoms with Crippen LogP contribution in [0.2, 0.25) is 5.02 Å². The molecule has 0 aromatic heterocycles. The molecule has 2 aromatic rings. The van der Waals surface area contributed by atoms with Crippen molar-refractivity contribution in [1.82, 2.24) is 10.0 Å². The summed E-state index contributed by atoms with van der Waals surface area (Å²) in [6.07, 6.45) is 5.17. The summed E-state index contributed by atoms with van der Waals surface area (Å²) in [5.41, 5.74) is 0.457. The molecule has 0 spiro atoms. The van der Waals surface area contributed by atoms with Gasteiger partial charge >= 0.3 is 0 Å². The van der Waals surface area contributed by atoms with E-state index in [0.29, 0.717) is 23.1 Å². The number of Topliss-reactive ketones (excluding diaryl/α,β-unsaturated/α-hetero) is 1. The normalized spacial score (nSPS) is 29.6. The Morgan fingerprint density at radius 1 is 0.971 bits per heavy atom. The van der Waals surface area contributed by atoms with Crippen LogP contribution in [-0.4, -0.2) is 47.2 Å². The molecule has 8 heteroatoms. The summed E-state index contributed by atoms with van der Waals surface area (Å²) in [6.45, 7) is -0.469. The minimum atomic E-state index is -0.664. The Kier molecular flexibility index (Phi) is 5.07. The van der Waals surface area contributed by atoms with Crippen LogP contribution in [-0.2, 0) is 9.59 Å². The van der Waals surface area contributed by atoms with Crippen molar-refractivity contribution in [3.8, 4) is 5.75 Å². The topological polar surface area (TPSA) is 84.0 Å². The maximum atomic E-state index is 13.7. The van der Waals surface area contributed by atoms with E-state index in [9.17, 15) is 19.2 Å². The number of nitrogens with zero attached hydrogens (tertiary/aromatic N) is 2. The number of ether oxygens (including phenoxy) is 1. The Hall–Kier alpha value is -3.45. The minimum absolute atomic E-state index is 0.00556. The van der Waals surface area contributed by atoms with Gasteiger partial charge in [-0.2, -0.15) is 5.01 Å². The van der Waals surface area contributed by atoms with Gasteiger partial charge in [0.25, 0.3) is 17.7 Å².